The van der Waals surface area contributed by atoms with Crippen LogP contribution in [0, 0.1) is 0 Å². The molecule has 0 aromatic carbocycles. The summed E-state index contributed by atoms with van der Waals surface area (Å²) in [5.74, 6) is 0.00386. The smallest absolute Gasteiger partial charge is 0.161 e. The van der Waals surface area contributed by atoms with Crippen molar-refractivity contribution in [2.45, 2.75) is 27.7 Å². The number of hydrogen-bond donors (Lipinski definition) is 0. The lowest BCUT2D eigenvalue weighted by molar-refractivity contribution is 0.101. The molecule has 1 heterocycles. The predicted molar refractivity (Wildman–Crippen MR) is 72.7 cm³/mol. The zero-order valence-electron chi connectivity index (χ0n) is 11.0. The molecule has 0 unspecified atom stereocenters. The third kappa shape index (κ3) is 7.08. The van der Waals surface area contributed by atoms with Crippen LogP contribution in [0.15, 0.2) is 18.3 Å². The Balaban J connectivity index is 0.000000325. The molecule has 0 saturated carbocycles. The molecule has 0 N–H and O–H groups in total. The van der Waals surface area contributed by atoms with Gasteiger partial charge in [0.1, 0.15) is 5.15 Å². The predicted octanol–water partition coefficient (Wildman–Crippen LogP) is 3.29. The molecule has 0 atom stereocenters. The Morgan fingerprint density at radius 3 is 2.00 bits per heavy atom. The van der Waals surface area contributed by atoms with E-state index in [1.807, 2.05) is 0 Å². The lowest BCUT2D eigenvalue weighted by Gasteiger charge is -2.13. The van der Waals surface area contributed by atoms with Gasteiger partial charge >= 0.3 is 0 Å². The fraction of sp³-hybridized carbons (Fsp3) is 0.538. The molecule has 4 heteroatoms. The van der Waals surface area contributed by atoms with E-state index >= 15 is 0 Å². The van der Waals surface area contributed by atoms with E-state index in [2.05, 4.69) is 30.7 Å². The van der Waals surface area contributed by atoms with Gasteiger partial charge < -0.3 is 4.90 Å². The van der Waals surface area contributed by atoms with Gasteiger partial charge in [0.15, 0.2) is 5.78 Å². The van der Waals surface area contributed by atoms with E-state index in [1.54, 1.807) is 12.1 Å². The second-order valence-corrected chi connectivity index (χ2v) is 3.93. The van der Waals surface area contributed by atoms with Crippen molar-refractivity contribution in [2.75, 3.05) is 19.6 Å². The molecule has 3 nitrogen and oxygen atoms in total. The molecule has 1 aromatic heterocycles. The van der Waals surface area contributed by atoms with E-state index in [-0.39, 0.29) is 5.78 Å². The van der Waals surface area contributed by atoms with Crippen molar-refractivity contribution in [3.8, 4) is 0 Å². The van der Waals surface area contributed by atoms with Gasteiger partial charge in [-0.3, -0.25) is 4.79 Å². The van der Waals surface area contributed by atoms with E-state index in [4.69, 9.17) is 11.6 Å². The monoisotopic (exact) mass is 256 g/mol. The summed E-state index contributed by atoms with van der Waals surface area (Å²) in [5.41, 5.74) is 0.587. The maximum Gasteiger partial charge on any atom is 0.161 e. The zero-order valence-corrected chi connectivity index (χ0v) is 11.8. The van der Waals surface area contributed by atoms with Gasteiger partial charge in [0.2, 0.25) is 0 Å². The van der Waals surface area contributed by atoms with Crippen molar-refractivity contribution in [3.63, 3.8) is 0 Å². The van der Waals surface area contributed by atoms with Crippen LogP contribution in [0.3, 0.4) is 0 Å². The Hall–Kier alpha value is -0.930. The largest absolute Gasteiger partial charge is 0.304 e. The lowest BCUT2D eigenvalue weighted by atomic mass is 10.2. The molecule has 17 heavy (non-hydrogen) atoms. The van der Waals surface area contributed by atoms with Crippen molar-refractivity contribution in [2.24, 2.45) is 0 Å². The fourth-order valence-corrected chi connectivity index (χ4v) is 1.37. The number of ketones is 1. The highest BCUT2D eigenvalue weighted by Crippen LogP contribution is 2.04. The van der Waals surface area contributed by atoms with Crippen LogP contribution in [0.1, 0.15) is 38.1 Å². The van der Waals surface area contributed by atoms with Gasteiger partial charge in [0.05, 0.1) is 0 Å². The molecule has 0 aliphatic rings. The second-order valence-electron chi connectivity index (χ2n) is 3.55. The van der Waals surface area contributed by atoms with E-state index in [0.717, 1.165) is 0 Å². The summed E-state index contributed by atoms with van der Waals surface area (Å²) < 4.78 is 0. The van der Waals surface area contributed by atoms with Crippen molar-refractivity contribution in [1.29, 1.82) is 0 Å². The first-order valence-electron chi connectivity index (χ1n) is 5.89. The molecule has 1 rings (SSSR count). The number of carbonyl (C=O) groups excluding carboxylic acids is 1. The highest BCUT2D eigenvalue weighted by molar-refractivity contribution is 6.29. The van der Waals surface area contributed by atoms with Crippen LogP contribution < -0.4 is 0 Å². The molecule has 0 fully saturated rings. The maximum absolute atomic E-state index is 10.7. The van der Waals surface area contributed by atoms with E-state index < -0.39 is 0 Å². The van der Waals surface area contributed by atoms with E-state index in [0.29, 0.717) is 10.7 Å². The number of Topliss-reactive ketones (excluding diaryl/α,β-unsaturated/α-hetero) is 1. The topological polar surface area (TPSA) is 33.2 Å². The summed E-state index contributed by atoms with van der Waals surface area (Å²) in [4.78, 5) is 16.8. The number of pyridine rings is 1. The normalized spacial score (nSPS) is 9.76. The van der Waals surface area contributed by atoms with Gasteiger partial charge in [-0.1, -0.05) is 32.4 Å². The van der Waals surface area contributed by atoms with Crippen LogP contribution in [0.25, 0.3) is 0 Å². The van der Waals surface area contributed by atoms with Crippen LogP contribution in [0.4, 0.5) is 0 Å². The third-order valence-electron chi connectivity index (χ3n) is 2.48. The van der Waals surface area contributed by atoms with Gasteiger partial charge in [-0.25, -0.2) is 4.98 Å². The number of carbonyl (C=O) groups is 1. The molecule has 96 valence electrons. The van der Waals surface area contributed by atoms with Crippen LogP contribution in [0.2, 0.25) is 5.15 Å². The van der Waals surface area contributed by atoms with Crippen LogP contribution in [-0.2, 0) is 0 Å². The number of halogens is 1. The lowest BCUT2D eigenvalue weighted by Crippen LogP contribution is -2.21. The maximum atomic E-state index is 10.7. The summed E-state index contributed by atoms with van der Waals surface area (Å²) in [6.07, 6.45) is 1.46. The average Bonchev–Trinajstić information content (AvgIpc) is 2.32. The second kappa shape index (κ2) is 9.14. The summed E-state index contributed by atoms with van der Waals surface area (Å²) in [5, 5.41) is 0.407. The van der Waals surface area contributed by atoms with E-state index in [9.17, 15) is 4.79 Å². The molecule has 0 spiro atoms. The minimum atomic E-state index is 0.00386. The Morgan fingerprint density at radius 2 is 1.76 bits per heavy atom. The summed E-state index contributed by atoms with van der Waals surface area (Å²) in [6.45, 7) is 11.6. The van der Waals surface area contributed by atoms with Gasteiger partial charge in [-0.15, -0.1) is 0 Å². The van der Waals surface area contributed by atoms with Crippen molar-refractivity contribution < 1.29 is 4.79 Å². The SMILES string of the molecule is CC(=O)c1ccc(Cl)nc1.CCN(CC)CC. The molecular weight excluding hydrogens is 236 g/mol. The first-order chi connectivity index (χ1) is 8.04. The first kappa shape index (κ1) is 16.1. The molecule has 0 saturated heterocycles. The van der Waals surface area contributed by atoms with Crippen LogP contribution in [-0.4, -0.2) is 35.3 Å². The number of rotatable bonds is 4. The highest BCUT2D eigenvalue weighted by Gasteiger charge is 1.97. The molecule has 0 aliphatic heterocycles. The molecule has 0 aliphatic carbocycles. The van der Waals surface area contributed by atoms with Gasteiger partial charge in [0, 0.05) is 11.8 Å². The molecule has 0 radical (unpaired) electrons. The number of hydrogen-bond acceptors (Lipinski definition) is 3. The van der Waals surface area contributed by atoms with Gasteiger partial charge in [-0.2, -0.15) is 0 Å². The fourth-order valence-electron chi connectivity index (χ4n) is 1.25. The number of aromatic nitrogens is 1. The molecule has 0 amide bonds. The van der Waals surface area contributed by atoms with E-state index in [1.165, 1.54) is 32.8 Å². The van der Waals surface area contributed by atoms with Crippen LogP contribution >= 0.6 is 11.6 Å². The van der Waals surface area contributed by atoms with Crippen LogP contribution in [0.5, 0.6) is 0 Å². The van der Waals surface area contributed by atoms with Crippen molar-refractivity contribution in [3.05, 3.63) is 29.0 Å². The Kier molecular flexibility index (Phi) is 8.64. The summed E-state index contributed by atoms with van der Waals surface area (Å²) >= 11 is 5.49. The number of nitrogens with zero attached hydrogens (tertiary/aromatic N) is 2. The quantitative estimate of drug-likeness (QED) is 0.612. The average molecular weight is 257 g/mol. The standard InChI is InChI=1S/C7H6ClNO.C6H15N/c1-5(10)6-2-3-7(8)9-4-6;1-4-7(5-2)6-3/h2-4H,1H3;4-6H2,1-3H3. The minimum absolute atomic E-state index is 0.00386. The highest BCUT2D eigenvalue weighted by atomic mass is 35.5. The first-order valence-corrected chi connectivity index (χ1v) is 6.27. The van der Waals surface area contributed by atoms with Crippen molar-refractivity contribution >= 4 is 17.4 Å². The Bertz CT molecular complexity index is 315. The van der Waals surface area contributed by atoms with Gasteiger partial charge in [0.25, 0.3) is 0 Å². The Morgan fingerprint density at radius 1 is 1.24 bits per heavy atom. The van der Waals surface area contributed by atoms with Crippen molar-refractivity contribution in [1.82, 2.24) is 9.88 Å². The molecule has 0 bridgehead atoms. The summed E-state index contributed by atoms with van der Waals surface area (Å²) in [6, 6.07) is 3.25. The zero-order chi connectivity index (χ0) is 13.3. The Labute approximate surface area is 109 Å². The summed E-state index contributed by atoms with van der Waals surface area (Å²) in [7, 11) is 0. The minimum Gasteiger partial charge on any atom is -0.304 e. The third-order valence-corrected chi connectivity index (χ3v) is 2.70. The molecular formula is C13H21ClN2O. The molecule has 1 aromatic rings. The van der Waals surface area contributed by atoms with Gasteiger partial charge in [-0.05, 0) is 38.7 Å².